The second-order valence-corrected chi connectivity index (χ2v) is 8.36. The Morgan fingerprint density at radius 3 is 1.51 bits per heavy atom. The molecule has 2 aromatic rings. The number of piperidine rings is 1. The molecule has 4 heterocycles. The number of benzene rings is 2. The van der Waals surface area contributed by atoms with E-state index >= 15 is 0 Å². The smallest absolute Gasteiger partial charge is 0.244 e. The molecule has 35 heavy (non-hydrogen) atoms. The van der Waals surface area contributed by atoms with Crippen molar-refractivity contribution in [3.63, 3.8) is 0 Å². The maximum absolute atomic E-state index is 5.29. The molecule has 0 amide bonds. The Morgan fingerprint density at radius 2 is 1.00 bits per heavy atom. The van der Waals surface area contributed by atoms with Crippen molar-refractivity contribution in [3.05, 3.63) is 59.7 Å². The zero-order chi connectivity index (χ0) is 23.8. The quantitative estimate of drug-likeness (QED) is 0.688. The molecule has 10 heteroatoms. The topological polar surface area (TPSA) is 99.1 Å². The van der Waals surface area contributed by atoms with Gasteiger partial charge in [-0.05, 0) is 67.8 Å². The Hall–Kier alpha value is -4.34. The minimum atomic E-state index is 0.432. The Labute approximate surface area is 202 Å². The molecule has 0 unspecified atom stereocenters. The van der Waals surface area contributed by atoms with E-state index in [1.54, 1.807) is 19.1 Å². The Balaban J connectivity index is 1.46. The lowest BCUT2D eigenvalue weighted by atomic mass is 10.1. The van der Waals surface area contributed by atoms with Crippen LogP contribution in [0.2, 0.25) is 0 Å². The predicted molar refractivity (Wildman–Crippen MR) is 136 cm³/mol. The van der Waals surface area contributed by atoms with Crippen LogP contribution in [0, 0.1) is 0 Å². The molecule has 0 spiro atoms. The summed E-state index contributed by atoms with van der Waals surface area (Å²) in [6, 6.07) is 15.2. The van der Waals surface area contributed by atoms with E-state index in [-0.39, 0.29) is 0 Å². The van der Waals surface area contributed by atoms with E-state index in [1.165, 1.54) is 6.42 Å². The van der Waals surface area contributed by atoms with Gasteiger partial charge in [0.2, 0.25) is 23.8 Å². The SMILES string of the molecule is COc1ccc(C2=NC3=NC(c4ccc(OC)cc4)=NC4=NC(N5CCCCC5)=NC(=N2)N34)cc1. The zero-order valence-electron chi connectivity index (χ0n) is 19.5. The third-order valence-electron chi connectivity index (χ3n) is 6.16. The summed E-state index contributed by atoms with van der Waals surface area (Å²) in [4.78, 5) is 32.5. The van der Waals surface area contributed by atoms with Crippen molar-refractivity contribution in [2.45, 2.75) is 19.3 Å². The zero-order valence-corrected chi connectivity index (χ0v) is 19.5. The predicted octanol–water partition coefficient (Wildman–Crippen LogP) is 3.15. The van der Waals surface area contributed by atoms with Crippen LogP contribution >= 0.6 is 0 Å². The van der Waals surface area contributed by atoms with Gasteiger partial charge >= 0.3 is 0 Å². The summed E-state index contributed by atoms with van der Waals surface area (Å²) in [5.41, 5.74) is 1.68. The summed E-state index contributed by atoms with van der Waals surface area (Å²) in [7, 11) is 3.28. The number of ether oxygens (including phenoxy) is 2. The minimum absolute atomic E-state index is 0.432. The highest BCUT2D eigenvalue weighted by molar-refractivity contribution is 6.32. The fourth-order valence-electron chi connectivity index (χ4n) is 4.25. The normalized spacial score (nSPS) is 18.9. The number of guanidine groups is 4. The molecule has 2 aromatic carbocycles. The molecule has 0 radical (unpaired) electrons. The summed E-state index contributed by atoms with van der Waals surface area (Å²) in [6.45, 7) is 1.83. The van der Waals surface area contributed by atoms with Gasteiger partial charge < -0.3 is 14.4 Å². The number of likely N-dealkylation sites (tertiary alicyclic amines) is 1. The highest BCUT2D eigenvalue weighted by Crippen LogP contribution is 2.24. The van der Waals surface area contributed by atoms with Crippen molar-refractivity contribution in [2.24, 2.45) is 30.0 Å². The summed E-state index contributed by atoms with van der Waals surface area (Å²) in [5.74, 6) is 4.57. The van der Waals surface area contributed by atoms with Crippen molar-refractivity contribution in [1.82, 2.24) is 9.80 Å². The first-order valence-corrected chi connectivity index (χ1v) is 11.6. The summed E-state index contributed by atoms with van der Waals surface area (Å²) in [6.07, 6.45) is 3.45. The number of hydrogen-bond acceptors (Lipinski definition) is 10. The monoisotopic (exact) mass is 468 g/mol. The first kappa shape index (κ1) is 21.2. The number of methoxy groups -OCH3 is 2. The molecule has 1 fully saturated rings. The van der Waals surface area contributed by atoms with Crippen molar-refractivity contribution in [3.8, 4) is 11.5 Å². The third kappa shape index (κ3) is 3.96. The van der Waals surface area contributed by atoms with Crippen LogP contribution in [0.1, 0.15) is 30.4 Å². The Bertz CT molecular complexity index is 1280. The van der Waals surface area contributed by atoms with Gasteiger partial charge in [-0.15, -0.1) is 0 Å². The van der Waals surface area contributed by atoms with Gasteiger partial charge in [-0.1, -0.05) is 0 Å². The molecule has 10 nitrogen and oxygen atoms in total. The van der Waals surface area contributed by atoms with E-state index in [9.17, 15) is 0 Å². The third-order valence-corrected chi connectivity index (χ3v) is 6.16. The molecule has 0 atom stereocenters. The molecule has 0 bridgehead atoms. The molecule has 0 saturated carbocycles. The Kier molecular flexibility index (Phi) is 5.32. The average Bonchev–Trinajstić information content (AvgIpc) is 2.93. The molecule has 4 aliphatic heterocycles. The Morgan fingerprint density at radius 1 is 0.543 bits per heavy atom. The largest absolute Gasteiger partial charge is 0.497 e. The first-order chi connectivity index (χ1) is 17.2. The van der Waals surface area contributed by atoms with Crippen molar-refractivity contribution in [2.75, 3.05) is 27.3 Å². The lowest BCUT2D eigenvalue weighted by Crippen LogP contribution is -2.50. The van der Waals surface area contributed by atoms with Crippen molar-refractivity contribution >= 4 is 35.5 Å². The van der Waals surface area contributed by atoms with Gasteiger partial charge in [-0.3, -0.25) is 0 Å². The highest BCUT2D eigenvalue weighted by Gasteiger charge is 2.36. The first-order valence-electron chi connectivity index (χ1n) is 11.6. The van der Waals surface area contributed by atoms with Gasteiger partial charge in [0.05, 0.1) is 14.2 Å². The number of rotatable bonds is 4. The van der Waals surface area contributed by atoms with E-state index in [1.807, 2.05) is 48.5 Å². The van der Waals surface area contributed by atoms with E-state index in [0.717, 1.165) is 48.6 Å². The summed E-state index contributed by atoms with van der Waals surface area (Å²) >= 11 is 0. The molecular formula is C25H24N8O2. The maximum atomic E-state index is 5.29. The molecule has 0 aliphatic carbocycles. The van der Waals surface area contributed by atoms with Crippen LogP contribution in [-0.4, -0.2) is 72.6 Å². The van der Waals surface area contributed by atoms with Gasteiger partial charge in [-0.25, -0.2) is 4.90 Å². The van der Waals surface area contributed by atoms with E-state index in [2.05, 4.69) is 4.90 Å². The van der Waals surface area contributed by atoms with Crippen molar-refractivity contribution < 1.29 is 9.47 Å². The number of nitrogens with zero attached hydrogens (tertiary/aromatic N) is 8. The van der Waals surface area contributed by atoms with E-state index < -0.39 is 0 Å². The fraction of sp³-hybridized carbons (Fsp3) is 0.280. The van der Waals surface area contributed by atoms with Gasteiger partial charge in [0.1, 0.15) is 11.5 Å². The molecule has 6 rings (SSSR count). The van der Waals surface area contributed by atoms with Crippen molar-refractivity contribution in [1.29, 1.82) is 0 Å². The lowest BCUT2D eigenvalue weighted by Gasteiger charge is -2.34. The van der Waals surface area contributed by atoms with Gasteiger partial charge in [0.15, 0.2) is 11.7 Å². The molecule has 4 aliphatic rings. The molecule has 0 N–H and O–H groups in total. The summed E-state index contributed by atoms with van der Waals surface area (Å²) in [5, 5.41) is 0. The van der Waals surface area contributed by atoms with Gasteiger partial charge in [0.25, 0.3) is 0 Å². The molecule has 0 aromatic heterocycles. The second kappa shape index (κ2) is 8.79. The molecule has 1 saturated heterocycles. The lowest BCUT2D eigenvalue weighted by molar-refractivity contribution is 0.339. The standard InChI is InChI=1S/C25H24N8O2/c1-34-18-10-6-16(7-11-18)20-26-23-27-21(17-8-12-19(35-2)13-9-17)29-25-31-22(30-24(28-20)33(23)25)32-14-4-3-5-15-32/h6-13H,3-5,14-15H2,1-2H3. The van der Waals surface area contributed by atoms with E-state index in [4.69, 9.17) is 39.4 Å². The van der Waals surface area contributed by atoms with Crippen LogP contribution < -0.4 is 9.47 Å². The molecule has 176 valence electrons. The average molecular weight is 469 g/mol. The highest BCUT2D eigenvalue weighted by atomic mass is 16.5. The maximum Gasteiger partial charge on any atom is 0.244 e. The van der Waals surface area contributed by atoms with E-state index in [0.29, 0.717) is 35.5 Å². The van der Waals surface area contributed by atoms with Crippen LogP contribution in [0.15, 0.2) is 78.5 Å². The number of hydrogen-bond donors (Lipinski definition) is 0. The molecular weight excluding hydrogens is 444 g/mol. The number of amidine groups is 2. The second-order valence-electron chi connectivity index (χ2n) is 8.36. The number of aliphatic imine (C=N–C) groups is 6. The van der Waals surface area contributed by atoms with Crippen LogP contribution in [0.25, 0.3) is 0 Å². The summed E-state index contributed by atoms with van der Waals surface area (Å²) < 4.78 is 10.6. The van der Waals surface area contributed by atoms with Crippen LogP contribution in [-0.2, 0) is 0 Å². The van der Waals surface area contributed by atoms with Gasteiger partial charge in [-0.2, -0.15) is 30.0 Å². The van der Waals surface area contributed by atoms with Gasteiger partial charge in [0, 0.05) is 24.2 Å². The van der Waals surface area contributed by atoms with Crippen LogP contribution in [0.3, 0.4) is 0 Å². The minimum Gasteiger partial charge on any atom is -0.497 e. The van der Waals surface area contributed by atoms with Crippen LogP contribution in [0.5, 0.6) is 11.5 Å². The van der Waals surface area contributed by atoms with Crippen LogP contribution in [0.4, 0.5) is 0 Å². The fourth-order valence-corrected chi connectivity index (χ4v) is 4.25.